The molecule has 1 atom stereocenters. The van der Waals surface area contributed by atoms with E-state index in [1.54, 1.807) is 6.20 Å². The number of hydrogen-bond acceptors (Lipinski definition) is 2. The van der Waals surface area contributed by atoms with Gasteiger partial charge in [-0.2, -0.15) is 0 Å². The smallest absolute Gasteiger partial charge is 0.110 e. The third-order valence-corrected chi connectivity index (χ3v) is 2.98. The summed E-state index contributed by atoms with van der Waals surface area (Å²) in [6.45, 7) is 2.22. The summed E-state index contributed by atoms with van der Waals surface area (Å²) in [7, 11) is 1.97. The second kappa shape index (κ2) is 7.44. The maximum atomic E-state index is 9.85. The molecule has 0 aliphatic rings. The van der Waals surface area contributed by atoms with Crippen molar-refractivity contribution in [2.75, 3.05) is 0 Å². The molecule has 0 radical (unpaired) electrons. The first-order valence-electron chi connectivity index (χ1n) is 6.38. The van der Waals surface area contributed by atoms with Gasteiger partial charge in [0.25, 0.3) is 0 Å². The molecule has 0 amide bonds. The van der Waals surface area contributed by atoms with Gasteiger partial charge in [0, 0.05) is 25.9 Å². The van der Waals surface area contributed by atoms with Crippen LogP contribution in [0.4, 0.5) is 0 Å². The van der Waals surface area contributed by atoms with E-state index in [1.165, 1.54) is 25.7 Å². The van der Waals surface area contributed by atoms with E-state index in [2.05, 4.69) is 11.9 Å². The summed E-state index contributed by atoms with van der Waals surface area (Å²) >= 11 is 0. The third kappa shape index (κ3) is 4.79. The fraction of sp³-hybridized carbons (Fsp3) is 0.769. The molecule has 16 heavy (non-hydrogen) atoms. The maximum Gasteiger partial charge on any atom is 0.110 e. The van der Waals surface area contributed by atoms with Gasteiger partial charge in [-0.25, -0.2) is 4.98 Å². The van der Waals surface area contributed by atoms with Crippen molar-refractivity contribution in [1.29, 1.82) is 0 Å². The van der Waals surface area contributed by atoms with Crippen molar-refractivity contribution in [3.05, 3.63) is 18.2 Å². The molecule has 0 aromatic carbocycles. The van der Waals surface area contributed by atoms with E-state index in [4.69, 9.17) is 0 Å². The van der Waals surface area contributed by atoms with Crippen LogP contribution in [0.3, 0.4) is 0 Å². The Balaban J connectivity index is 2.11. The number of aryl methyl sites for hydroxylation is 1. The molecule has 0 saturated carbocycles. The number of hydrogen-bond donors (Lipinski definition) is 1. The van der Waals surface area contributed by atoms with Gasteiger partial charge >= 0.3 is 0 Å². The van der Waals surface area contributed by atoms with Gasteiger partial charge in [-0.1, -0.05) is 39.0 Å². The van der Waals surface area contributed by atoms with Crippen LogP contribution in [0.5, 0.6) is 0 Å². The first-order chi connectivity index (χ1) is 7.74. The predicted molar refractivity (Wildman–Crippen MR) is 66.3 cm³/mol. The average Bonchev–Trinajstić information content (AvgIpc) is 2.64. The van der Waals surface area contributed by atoms with Crippen LogP contribution in [0.1, 0.15) is 51.3 Å². The van der Waals surface area contributed by atoms with Crippen LogP contribution in [0.2, 0.25) is 0 Å². The molecule has 1 N–H and O–H groups in total. The largest absolute Gasteiger partial charge is 0.393 e. The lowest BCUT2D eigenvalue weighted by atomic mass is 10.1. The van der Waals surface area contributed by atoms with Crippen LogP contribution in [0.15, 0.2) is 12.4 Å². The first-order valence-corrected chi connectivity index (χ1v) is 6.38. The Labute approximate surface area is 98.5 Å². The third-order valence-electron chi connectivity index (χ3n) is 2.98. The molecule has 1 aromatic rings. The monoisotopic (exact) mass is 224 g/mol. The zero-order valence-corrected chi connectivity index (χ0v) is 10.5. The van der Waals surface area contributed by atoms with Crippen molar-refractivity contribution >= 4 is 0 Å². The van der Waals surface area contributed by atoms with Crippen molar-refractivity contribution < 1.29 is 5.11 Å². The van der Waals surface area contributed by atoms with E-state index >= 15 is 0 Å². The predicted octanol–water partition coefficient (Wildman–Crippen LogP) is 2.68. The van der Waals surface area contributed by atoms with Gasteiger partial charge in [0.05, 0.1) is 6.10 Å². The zero-order valence-electron chi connectivity index (χ0n) is 10.5. The Morgan fingerprint density at radius 1 is 1.31 bits per heavy atom. The molecule has 0 saturated heterocycles. The highest BCUT2D eigenvalue weighted by Gasteiger charge is 2.08. The highest BCUT2D eigenvalue weighted by atomic mass is 16.3. The number of imidazole rings is 1. The van der Waals surface area contributed by atoms with Crippen molar-refractivity contribution in [3.63, 3.8) is 0 Å². The van der Waals surface area contributed by atoms with Gasteiger partial charge in [0.2, 0.25) is 0 Å². The van der Waals surface area contributed by atoms with E-state index in [9.17, 15) is 5.11 Å². The molecule has 92 valence electrons. The Hall–Kier alpha value is -0.830. The van der Waals surface area contributed by atoms with Crippen LogP contribution in [0, 0.1) is 0 Å². The van der Waals surface area contributed by atoms with Gasteiger partial charge < -0.3 is 9.67 Å². The molecular weight excluding hydrogens is 200 g/mol. The molecule has 1 heterocycles. The summed E-state index contributed by atoms with van der Waals surface area (Å²) in [5.41, 5.74) is 0. The number of aliphatic hydroxyl groups excluding tert-OH is 1. The Morgan fingerprint density at radius 2 is 2.06 bits per heavy atom. The van der Waals surface area contributed by atoms with Crippen molar-refractivity contribution in [2.45, 2.75) is 58.0 Å². The molecule has 1 rings (SSSR count). The van der Waals surface area contributed by atoms with Crippen LogP contribution in [-0.4, -0.2) is 20.8 Å². The number of aromatic nitrogens is 2. The van der Waals surface area contributed by atoms with E-state index in [0.29, 0.717) is 6.42 Å². The Kier molecular flexibility index (Phi) is 6.16. The molecule has 1 unspecified atom stereocenters. The van der Waals surface area contributed by atoms with Gasteiger partial charge in [-0.3, -0.25) is 0 Å². The molecule has 0 spiro atoms. The van der Waals surface area contributed by atoms with Crippen molar-refractivity contribution in [2.24, 2.45) is 7.05 Å². The minimum Gasteiger partial charge on any atom is -0.393 e. The van der Waals surface area contributed by atoms with E-state index in [0.717, 1.165) is 18.7 Å². The van der Waals surface area contributed by atoms with Crippen molar-refractivity contribution in [3.8, 4) is 0 Å². The number of unbranched alkanes of at least 4 members (excludes halogenated alkanes) is 4. The second-order valence-electron chi connectivity index (χ2n) is 4.52. The topological polar surface area (TPSA) is 38.1 Å². The highest BCUT2D eigenvalue weighted by Crippen LogP contribution is 2.10. The van der Waals surface area contributed by atoms with Crippen LogP contribution < -0.4 is 0 Å². The summed E-state index contributed by atoms with van der Waals surface area (Å²) in [6, 6.07) is 0. The number of aliphatic hydroxyl groups is 1. The van der Waals surface area contributed by atoms with E-state index in [1.807, 2.05) is 17.8 Å². The summed E-state index contributed by atoms with van der Waals surface area (Å²) in [5.74, 6) is 0.973. The molecule has 0 aliphatic carbocycles. The normalized spacial score (nSPS) is 12.9. The second-order valence-corrected chi connectivity index (χ2v) is 4.52. The Morgan fingerprint density at radius 3 is 2.69 bits per heavy atom. The van der Waals surface area contributed by atoms with Crippen LogP contribution in [0.25, 0.3) is 0 Å². The molecular formula is C13H24N2O. The number of rotatable bonds is 8. The summed E-state index contributed by atoms with van der Waals surface area (Å²) in [4.78, 5) is 4.22. The number of nitrogens with zero attached hydrogens (tertiary/aromatic N) is 2. The van der Waals surface area contributed by atoms with Gasteiger partial charge in [-0.15, -0.1) is 0 Å². The summed E-state index contributed by atoms with van der Waals surface area (Å²) in [6.07, 6.45) is 11.3. The fourth-order valence-corrected chi connectivity index (χ4v) is 1.89. The lowest BCUT2D eigenvalue weighted by molar-refractivity contribution is 0.157. The molecule has 1 aromatic heterocycles. The van der Waals surface area contributed by atoms with Crippen molar-refractivity contribution in [1.82, 2.24) is 9.55 Å². The minimum atomic E-state index is -0.234. The molecule has 0 bridgehead atoms. The zero-order chi connectivity index (χ0) is 11.8. The molecule has 3 heteroatoms. The maximum absolute atomic E-state index is 9.85. The average molecular weight is 224 g/mol. The lowest BCUT2D eigenvalue weighted by Gasteiger charge is -2.10. The quantitative estimate of drug-likeness (QED) is 0.689. The Bertz CT molecular complexity index is 283. The first kappa shape index (κ1) is 13.2. The fourth-order valence-electron chi connectivity index (χ4n) is 1.89. The molecule has 0 aliphatic heterocycles. The standard InChI is InChI=1S/C13H24N2O/c1-3-4-5-6-7-8-12(16)11-13-14-9-10-15(13)2/h9-10,12,16H,3-8,11H2,1-2H3. The van der Waals surface area contributed by atoms with Gasteiger partial charge in [0.1, 0.15) is 5.82 Å². The molecule has 3 nitrogen and oxygen atoms in total. The minimum absolute atomic E-state index is 0.234. The summed E-state index contributed by atoms with van der Waals surface area (Å²) in [5, 5.41) is 9.85. The van der Waals surface area contributed by atoms with E-state index < -0.39 is 0 Å². The van der Waals surface area contributed by atoms with E-state index in [-0.39, 0.29) is 6.10 Å². The van der Waals surface area contributed by atoms with Gasteiger partial charge in [-0.05, 0) is 6.42 Å². The lowest BCUT2D eigenvalue weighted by Crippen LogP contribution is -2.13. The van der Waals surface area contributed by atoms with Crippen LogP contribution in [-0.2, 0) is 13.5 Å². The SMILES string of the molecule is CCCCCCCC(O)Cc1nccn1C. The summed E-state index contributed by atoms with van der Waals surface area (Å²) < 4.78 is 1.97. The van der Waals surface area contributed by atoms with Crippen LogP contribution >= 0.6 is 0 Å². The van der Waals surface area contributed by atoms with Gasteiger partial charge in [0.15, 0.2) is 0 Å². The highest BCUT2D eigenvalue weighted by molar-refractivity contribution is 4.92. The molecule has 0 fully saturated rings.